The lowest BCUT2D eigenvalue weighted by Crippen LogP contribution is -2.43. The predicted molar refractivity (Wildman–Crippen MR) is 100.0 cm³/mol. The number of rotatable bonds is 6. The van der Waals surface area contributed by atoms with Gasteiger partial charge in [0.05, 0.1) is 6.10 Å². The van der Waals surface area contributed by atoms with Gasteiger partial charge in [-0.15, -0.1) is 0 Å². The van der Waals surface area contributed by atoms with Crippen LogP contribution in [0, 0.1) is 5.92 Å². The van der Waals surface area contributed by atoms with E-state index in [0.29, 0.717) is 24.9 Å². The van der Waals surface area contributed by atoms with Crippen LogP contribution in [0.3, 0.4) is 0 Å². The summed E-state index contributed by atoms with van der Waals surface area (Å²) in [5.41, 5.74) is 1.06. The third-order valence-corrected chi connectivity index (χ3v) is 6.34. The van der Waals surface area contributed by atoms with Gasteiger partial charge in [-0.25, -0.2) is 9.97 Å². The lowest BCUT2D eigenvalue weighted by atomic mass is 9.78. The second-order valence-electron chi connectivity index (χ2n) is 8.31. The smallest absolute Gasteiger partial charge is 0.220 e. The van der Waals surface area contributed by atoms with Crippen molar-refractivity contribution < 1.29 is 9.90 Å². The summed E-state index contributed by atoms with van der Waals surface area (Å²) < 4.78 is 0. The molecular formula is C20H30N4O2. The Kier molecular flexibility index (Phi) is 5.38. The quantitative estimate of drug-likeness (QED) is 0.816. The van der Waals surface area contributed by atoms with Gasteiger partial charge in [-0.05, 0) is 31.6 Å². The summed E-state index contributed by atoms with van der Waals surface area (Å²) in [4.78, 5) is 23.1. The van der Waals surface area contributed by atoms with Crippen LogP contribution in [-0.4, -0.2) is 46.2 Å². The van der Waals surface area contributed by atoms with Crippen molar-refractivity contribution in [3.63, 3.8) is 0 Å². The molecule has 1 aliphatic heterocycles. The maximum atomic E-state index is 12.1. The van der Waals surface area contributed by atoms with Crippen molar-refractivity contribution in [3.05, 3.63) is 18.1 Å². The van der Waals surface area contributed by atoms with Crippen LogP contribution in [0.5, 0.6) is 0 Å². The number of aliphatic hydroxyl groups is 1. The standard InChI is InChI=1S/C20H30N4O2/c25-17-7-8-24(12-17)19-11-18(21-13-22-19)15-9-16(10-15)23-20(26)6-5-14-3-1-2-4-14/h11,13-17,25H,1-10,12H2,(H,23,26)/t15?,16?,17-/m0/s1. The number of carbonyl (C=O) groups is 1. The van der Waals surface area contributed by atoms with Crippen molar-refractivity contribution in [1.82, 2.24) is 15.3 Å². The summed E-state index contributed by atoms with van der Waals surface area (Å²) in [6.45, 7) is 1.50. The third-order valence-electron chi connectivity index (χ3n) is 6.34. The molecule has 2 heterocycles. The van der Waals surface area contributed by atoms with E-state index >= 15 is 0 Å². The van der Waals surface area contributed by atoms with Crippen LogP contribution in [-0.2, 0) is 4.79 Å². The van der Waals surface area contributed by atoms with E-state index in [1.165, 1.54) is 25.7 Å². The Morgan fingerprint density at radius 1 is 1.23 bits per heavy atom. The van der Waals surface area contributed by atoms with Gasteiger partial charge in [0.25, 0.3) is 0 Å². The van der Waals surface area contributed by atoms with E-state index in [9.17, 15) is 9.90 Å². The first-order valence-corrected chi connectivity index (χ1v) is 10.2. The van der Waals surface area contributed by atoms with Gasteiger partial charge >= 0.3 is 0 Å². The molecule has 0 spiro atoms. The molecule has 6 heteroatoms. The summed E-state index contributed by atoms with van der Waals surface area (Å²) in [6, 6.07) is 2.35. The molecule has 0 aromatic carbocycles. The minimum atomic E-state index is -0.249. The highest BCUT2D eigenvalue weighted by atomic mass is 16.3. The van der Waals surface area contributed by atoms with Crippen LogP contribution in [0.1, 0.15) is 69.4 Å². The first-order valence-electron chi connectivity index (χ1n) is 10.2. The molecule has 142 valence electrons. The molecule has 1 saturated heterocycles. The fourth-order valence-corrected chi connectivity index (χ4v) is 4.62. The highest BCUT2D eigenvalue weighted by molar-refractivity contribution is 5.76. The average molecular weight is 358 g/mol. The molecule has 26 heavy (non-hydrogen) atoms. The van der Waals surface area contributed by atoms with Crippen LogP contribution < -0.4 is 10.2 Å². The monoisotopic (exact) mass is 358 g/mol. The summed E-state index contributed by atoms with van der Waals surface area (Å²) in [6.07, 6.45) is 11.2. The van der Waals surface area contributed by atoms with Gasteiger partial charge in [0, 0.05) is 43.2 Å². The fraction of sp³-hybridized carbons (Fsp3) is 0.750. The largest absolute Gasteiger partial charge is 0.391 e. The molecule has 2 aliphatic carbocycles. The molecule has 2 saturated carbocycles. The van der Waals surface area contributed by atoms with Crippen molar-refractivity contribution in [2.24, 2.45) is 5.92 Å². The Balaban J connectivity index is 1.22. The number of aromatic nitrogens is 2. The van der Waals surface area contributed by atoms with Crippen molar-refractivity contribution in [3.8, 4) is 0 Å². The molecule has 1 atom stereocenters. The zero-order valence-corrected chi connectivity index (χ0v) is 15.4. The highest BCUT2D eigenvalue weighted by Crippen LogP contribution is 2.37. The van der Waals surface area contributed by atoms with E-state index in [4.69, 9.17) is 0 Å². The zero-order valence-electron chi connectivity index (χ0n) is 15.4. The van der Waals surface area contributed by atoms with Gasteiger partial charge in [0.2, 0.25) is 5.91 Å². The van der Waals surface area contributed by atoms with E-state index in [-0.39, 0.29) is 12.0 Å². The maximum Gasteiger partial charge on any atom is 0.220 e. The molecule has 1 amide bonds. The molecular weight excluding hydrogens is 328 g/mol. The van der Waals surface area contributed by atoms with E-state index in [0.717, 1.165) is 49.7 Å². The number of nitrogens with one attached hydrogen (secondary N) is 1. The molecule has 1 aromatic rings. The number of nitrogens with zero attached hydrogens (tertiary/aromatic N) is 3. The summed E-state index contributed by atoms with van der Waals surface area (Å²) >= 11 is 0. The molecule has 3 aliphatic rings. The topological polar surface area (TPSA) is 78.4 Å². The zero-order chi connectivity index (χ0) is 17.9. The van der Waals surface area contributed by atoms with Crippen molar-refractivity contribution in [2.75, 3.05) is 18.0 Å². The van der Waals surface area contributed by atoms with Gasteiger partial charge < -0.3 is 15.3 Å². The Hall–Kier alpha value is -1.69. The Bertz CT molecular complexity index is 626. The van der Waals surface area contributed by atoms with Gasteiger partial charge in [-0.1, -0.05) is 25.7 Å². The number of carbonyl (C=O) groups excluding carboxylic acids is 1. The SMILES string of the molecule is O=C(CCC1CCCC1)NC1CC(c2cc(N3CC[C@H](O)C3)ncn2)C1. The molecule has 4 rings (SSSR count). The first-order chi connectivity index (χ1) is 12.7. The normalized spacial score (nSPS) is 29.0. The fourth-order valence-electron chi connectivity index (χ4n) is 4.62. The van der Waals surface area contributed by atoms with E-state index < -0.39 is 0 Å². The van der Waals surface area contributed by atoms with Crippen LogP contribution in [0.2, 0.25) is 0 Å². The molecule has 0 unspecified atom stereocenters. The minimum Gasteiger partial charge on any atom is -0.391 e. The third kappa shape index (κ3) is 4.17. The lowest BCUT2D eigenvalue weighted by molar-refractivity contribution is -0.122. The molecule has 6 nitrogen and oxygen atoms in total. The molecule has 0 bridgehead atoms. The number of β-amino-alcohol motifs (C(OH)–C–C–N with tert-alkyl or cyclic N) is 1. The van der Waals surface area contributed by atoms with Crippen molar-refractivity contribution >= 4 is 11.7 Å². The van der Waals surface area contributed by atoms with Crippen molar-refractivity contribution in [1.29, 1.82) is 0 Å². The molecule has 1 aromatic heterocycles. The molecule has 3 fully saturated rings. The minimum absolute atomic E-state index is 0.217. The molecule has 0 radical (unpaired) electrons. The second kappa shape index (κ2) is 7.91. The van der Waals surface area contributed by atoms with Gasteiger partial charge in [-0.2, -0.15) is 0 Å². The van der Waals surface area contributed by atoms with Crippen LogP contribution in [0.25, 0.3) is 0 Å². The number of anilines is 1. The van der Waals surface area contributed by atoms with Crippen LogP contribution in [0.4, 0.5) is 5.82 Å². The summed E-state index contributed by atoms with van der Waals surface area (Å²) in [5.74, 6) is 2.31. The summed E-state index contributed by atoms with van der Waals surface area (Å²) in [7, 11) is 0. The van der Waals surface area contributed by atoms with Gasteiger partial charge in [-0.3, -0.25) is 4.79 Å². The number of aliphatic hydroxyl groups excluding tert-OH is 1. The van der Waals surface area contributed by atoms with E-state index in [1.807, 2.05) is 0 Å². The van der Waals surface area contributed by atoms with E-state index in [1.54, 1.807) is 6.33 Å². The van der Waals surface area contributed by atoms with Crippen LogP contribution in [0.15, 0.2) is 12.4 Å². The average Bonchev–Trinajstić information content (AvgIpc) is 3.27. The van der Waals surface area contributed by atoms with E-state index in [2.05, 4.69) is 26.3 Å². The number of hydrogen-bond donors (Lipinski definition) is 2. The maximum absolute atomic E-state index is 12.1. The van der Waals surface area contributed by atoms with Gasteiger partial charge in [0.1, 0.15) is 12.1 Å². The predicted octanol–water partition coefficient (Wildman–Crippen LogP) is 2.38. The Morgan fingerprint density at radius 3 is 2.77 bits per heavy atom. The Morgan fingerprint density at radius 2 is 2.04 bits per heavy atom. The first kappa shape index (κ1) is 17.7. The Labute approximate surface area is 155 Å². The second-order valence-corrected chi connectivity index (χ2v) is 8.31. The van der Waals surface area contributed by atoms with Crippen LogP contribution >= 0.6 is 0 Å². The van der Waals surface area contributed by atoms with Gasteiger partial charge in [0.15, 0.2) is 0 Å². The number of hydrogen-bond acceptors (Lipinski definition) is 5. The van der Waals surface area contributed by atoms with Crippen molar-refractivity contribution in [2.45, 2.75) is 75.9 Å². The summed E-state index contributed by atoms with van der Waals surface area (Å²) in [5, 5.41) is 12.9. The lowest BCUT2D eigenvalue weighted by Gasteiger charge is -2.35. The molecule has 2 N–H and O–H groups in total. The number of amides is 1. The highest BCUT2D eigenvalue weighted by Gasteiger charge is 2.33.